The monoisotopic (exact) mass is 270 g/mol. The lowest BCUT2D eigenvalue weighted by molar-refractivity contribution is -0.697. The second kappa shape index (κ2) is 9.50. The van der Waals surface area contributed by atoms with Gasteiger partial charge in [0, 0.05) is 24.6 Å². The Morgan fingerprint density at radius 1 is 1.30 bits per heavy atom. The number of allylic oxidation sites excluding steroid dienone is 4. The first-order valence-electron chi connectivity index (χ1n) is 6.57. The van der Waals surface area contributed by atoms with E-state index in [2.05, 4.69) is 17.7 Å². The fourth-order valence-electron chi connectivity index (χ4n) is 1.58. The Morgan fingerprint density at radius 3 is 2.65 bits per heavy atom. The molecule has 1 rings (SSSR count). The van der Waals surface area contributed by atoms with Gasteiger partial charge in [-0.15, -0.1) is 0 Å². The van der Waals surface area contributed by atoms with Gasteiger partial charge in [-0.2, -0.15) is 0 Å². The molecule has 0 spiro atoms. The van der Waals surface area contributed by atoms with Crippen molar-refractivity contribution >= 4 is 12.3 Å². The van der Waals surface area contributed by atoms with Gasteiger partial charge in [-0.3, -0.25) is 5.41 Å². The summed E-state index contributed by atoms with van der Waals surface area (Å²) < 4.78 is 7.55. The number of nitrogens with zero attached hydrogens (tertiary/aromatic N) is 1. The van der Waals surface area contributed by atoms with Crippen LogP contribution in [-0.2, 0) is 11.3 Å². The molecule has 2 N–H and O–H groups in total. The summed E-state index contributed by atoms with van der Waals surface area (Å²) in [5.74, 6) is 0. The van der Waals surface area contributed by atoms with Crippen LogP contribution < -0.4 is 9.98 Å². The van der Waals surface area contributed by atoms with Crippen LogP contribution in [0.1, 0.15) is 12.0 Å². The second-order valence-electron chi connectivity index (χ2n) is 4.16. The van der Waals surface area contributed by atoms with Crippen LogP contribution in [0.3, 0.4) is 0 Å². The first kappa shape index (κ1) is 15.6. The molecule has 0 aromatic carbocycles. The molecule has 1 aromatic heterocycles. The van der Waals surface area contributed by atoms with Gasteiger partial charge in [0.1, 0.15) is 0 Å². The molecule has 1 aromatic rings. The van der Waals surface area contributed by atoms with E-state index in [0.29, 0.717) is 6.61 Å². The van der Waals surface area contributed by atoms with Crippen molar-refractivity contribution < 1.29 is 14.7 Å². The van der Waals surface area contributed by atoms with Crippen LogP contribution in [0.15, 0.2) is 67.7 Å². The van der Waals surface area contributed by atoms with E-state index in [-0.39, 0.29) is 0 Å². The maximum absolute atomic E-state index is 5.43. The van der Waals surface area contributed by atoms with Gasteiger partial charge in [0.05, 0.1) is 12.9 Å². The number of ether oxygens (including phenoxy) is 1. The number of pyridine rings is 1. The third-order valence-corrected chi connectivity index (χ3v) is 2.71. The summed E-state index contributed by atoms with van der Waals surface area (Å²) in [6.07, 6.45) is 15.3. The summed E-state index contributed by atoms with van der Waals surface area (Å²) in [4.78, 5) is 0. The predicted octanol–water partition coefficient (Wildman–Crippen LogP) is 1.48. The van der Waals surface area contributed by atoms with Crippen molar-refractivity contribution in [1.82, 2.24) is 0 Å². The molecule has 3 nitrogen and oxygen atoms in total. The van der Waals surface area contributed by atoms with Crippen molar-refractivity contribution in [2.45, 2.75) is 13.0 Å². The van der Waals surface area contributed by atoms with Crippen LogP contribution >= 0.6 is 0 Å². The summed E-state index contributed by atoms with van der Waals surface area (Å²) >= 11 is 0. The van der Waals surface area contributed by atoms with Crippen LogP contribution in [0.4, 0.5) is 0 Å². The van der Waals surface area contributed by atoms with Gasteiger partial charge in [0.15, 0.2) is 25.2 Å². The smallest absolute Gasteiger partial charge is 0.169 e. The molecule has 0 aliphatic carbocycles. The molecule has 0 bridgehead atoms. The lowest BCUT2D eigenvalue weighted by Crippen LogP contribution is -2.33. The fraction of sp³-hybridized carbons (Fsp3) is 0.176. The van der Waals surface area contributed by atoms with Gasteiger partial charge in [0.2, 0.25) is 0 Å². The lowest BCUT2D eigenvalue weighted by atomic mass is 10.2. The first-order valence-corrected chi connectivity index (χ1v) is 6.57. The van der Waals surface area contributed by atoms with Crippen LogP contribution in [0.5, 0.6) is 0 Å². The molecule has 20 heavy (non-hydrogen) atoms. The quantitative estimate of drug-likeness (QED) is 0.238. The Kier molecular flexibility index (Phi) is 7.43. The maximum Gasteiger partial charge on any atom is 0.169 e. The molecule has 104 valence electrons. The average Bonchev–Trinajstić information content (AvgIpc) is 2.50. The van der Waals surface area contributed by atoms with Gasteiger partial charge in [-0.25, -0.2) is 4.57 Å². The molecule has 3 heteroatoms. The summed E-state index contributed by atoms with van der Waals surface area (Å²) in [5, 5.41) is 5.31. The SMILES string of the molecule is C=CC(/C=C\OCCC[n+]1ccc(C=C)cc1)=C/C=[NH2+]. The lowest BCUT2D eigenvalue weighted by Gasteiger charge is -1.99. The fourth-order valence-corrected chi connectivity index (χ4v) is 1.58. The van der Waals surface area contributed by atoms with Gasteiger partial charge in [-0.05, 0) is 17.2 Å². The Hall–Kier alpha value is -2.42. The molecular formula is C17H22N2O+2. The molecule has 0 unspecified atom stereocenters. The van der Waals surface area contributed by atoms with Crippen LogP contribution in [0.25, 0.3) is 6.08 Å². The number of aryl methyl sites for hydroxylation is 1. The third kappa shape index (κ3) is 5.96. The van der Waals surface area contributed by atoms with E-state index < -0.39 is 0 Å². The maximum atomic E-state index is 5.43. The number of hydrogen-bond acceptors (Lipinski definition) is 1. The highest BCUT2D eigenvalue weighted by atomic mass is 16.5. The zero-order valence-corrected chi connectivity index (χ0v) is 11.7. The molecule has 0 aliphatic heterocycles. The largest absolute Gasteiger partial charge is 0.501 e. The number of nitrogens with two attached hydrogens (primary N) is 1. The first-order chi connectivity index (χ1) is 9.80. The highest BCUT2D eigenvalue weighted by Gasteiger charge is 1.98. The minimum absolute atomic E-state index is 0.670. The number of rotatable bonds is 9. The van der Waals surface area contributed by atoms with Crippen molar-refractivity contribution in [3.8, 4) is 0 Å². The van der Waals surface area contributed by atoms with Gasteiger partial charge >= 0.3 is 0 Å². The average molecular weight is 270 g/mol. The highest BCUT2D eigenvalue weighted by Crippen LogP contribution is 1.98. The second-order valence-corrected chi connectivity index (χ2v) is 4.16. The van der Waals surface area contributed by atoms with Crippen molar-refractivity contribution in [3.63, 3.8) is 0 Å². The molecule has 0 fully saturated rings. The zero-order chi connectivity index (χ0) is 14.6. The van der Waals surface area contributed by atoms with E-state index in [1.165, 1.54) is 6.21 Å². The third-order valence-electron chi connectivity index (χ3n) is 2.71. The molecule has 0 saturated heterocycles. The Balaban J connectivity index is 2.26. The van der Waals surface area contributed by atoms with E-state index in [0.717, 1.165) is 24.1 Å². The Bertz CT molecular complexity index is 498. The minimum Gasteiger partial charge on any atom is -0.501 e. The van der Waals surface area contributed by atoms with Crippen molar-refractivity contribution in [2.75, 3.05) is 6.61 Å². The van der Waals surface area contributed by atoms with Gasteiger partial charge < -0.3 is 4.74 Å². The highest BCUT2D eigenvalue weighted by molar-refractivity contribution is 5.68. The standard InChI is InChI=1S/C17H21N2O/c1-3-16(6-10-18)9-15-20-14-5-11-19-12-7-17(4-2)8-13-19/h3-4,6-10,12-13,15,18H,1-2,5,11,14H2/q+1/p+1/b15-9-,16-6-,18-10?. The van der Waals surface area contributed by atoms with Crippen molar-refractivity contribution in [1.29, 1.82) is 0 Å². The predicted molar refractivity (Wildman–Crippen MR) is 82.7 cm³/mol. The van der Waals surface area contributed by atoms with Gasteiger partial charge in [-0.1, -0.05) is 25.3 Å². The zero-order valence-electron chi connectivity index (χ0n) is 11.7. The van der Waals surface area contributed by atoms with Crippen LogP contribution in [-0.4, -0.2) is 12.8 Å². The molecule has 0 atom stereocenters. The molecule has 0 aliphatic rings. The summed E-state index contributed by atoms with van der Waals surface area (Å²) in [5.41, 5.74) is 2.04. The number of aromatic nitrogens is 1. The van der Waals surface area contributed by atoms with E-state index in [1.807, 2.05) is 36.7 Å². The van der Waals surface area contributed by atoms with Crippen LogP contribution in [0, 0.1) is 0 Å². The molecule has 0 amide bonds. The normalized spacial score (nSPS) is 11.3. The summed E-state index contributed by atoms with van der Waals surface area (Å²) in [6, 6.07) is 4.08. The van der Waals surface area contributed by atoms with Crippen LogP contribution in [0.2, 0.25) is 0 Å². The molecule has 0 saturated carbocycles. The number of hydrogen-bond donors (Lipinski definition) is 1. The Labute approximate surface area is 120 Å². The molecule has 0 radical (unpaired) electrons. The van der Waals surface area contributed by atoms with E-state index in [9.17, 15) is 0 Å². The van der Waals surface area contributed by atoms with E-state index in [1.54, 1.807) is 18.4 Å². The minimum atomic E-state index is 0.670. The van der Waals surface area contributed by atoms with E-state index >= 15 is 0 Å². The Morgan fingerprint density at radius 2 is 2.05 bits per heavy atom. The summed E-state index contributed by atoms with van der Waals surface area (Å²) in [7, 11) is 0. The topological polar surface area (TPSA) is 38.7 Å². The summed E-state index contributed by atoms with van der Waals surface area (Å²) in [6.45, 7) is 9.01. The molecule has 1 heterocycles. The molecular weight excluding hydrogens is 248 g/mol. The van der Waals surface area contributed by atoms with E-state index in [4.69, 9.17) is 10.1 Å². The van der Waals surface area contributed by atoms with Crippen molar-refractivity contribution in [3.05, 3.63) is 73.3 Å². The van der Waals surface area contributed by atoms with Crippen molar-refractivity contribution in [2.24, 2.45) is 0 Å². The van der Waals surface area contributed by atoms with Gasteiger partial charge in [0.25, 0.3) is 0 Å².